The highest BCUT2D eigenvalue weighted by molar-refractivity contribution is 5.99. The number of carbonyl (C=O) groups is 1. The second-order valence-electron chi connectivity index (χ2n) is 2.70. The van der Waals surface area contributed by atoms with Crippen LogP contribution < -0.4 is 0 Å². The van der Waals surface area contributed by atoms with Crippen molar-refractivity contribution in [3.8, 4) is 0 Å². The molecule has 0 saturated heterocycles. The molecule has 0 amide bonds. The molecule has 0 spiro atoms. The Morgan fingerprint density at radius 1 is 1.31 bits per heavy atom. The Morgan fingerprint density at radius 3 is 2.15 bits per heavy atom. The van der Waals surface area contributed by atoms with Crippen molar-refractivity contribution in [2.45, 2.75) is 13.0 Å². The molecule has 1 N–H and O–H groups in total. The molecule has 0 saturated carbocycles. The third-order valence-electron chi connectivity index (χ3n) is 1.53. The van der Waals surface area contributed by atoms with E-state index < -0.39 is 23.5 Å². The fourth-order valence-corrected chi connectivity index (χ4v) is 0.937. The summed E-state index contributed by atoms with van der Waals surface area (Å²) in [7, 11) is 0. The van der Waals surface area contributed by atoms with Crippen LogP contribution in [0.25, 0.3) is 0 Å². The second-order valence-corrected chi connectivity index (χ2v) is 2.70. The smallest absolute Gasteiger partial charge is 0.191 e. The lowest BCUT2D eigenvalue weighted by atomic mass is 10.1. The Morgan fingerprint density at radius 2 is 1.77 bits per heavy atom. The fourth-order valence-electron chi connectivity index (χ4n) is 0.937. The van der Waals surface area contributed by atoms with E-state index in [2.05, 4.69) is 0 Å². The first-order chi connectivity index (χ1) is 6.00. The van der Waals surface area contributed by atoms with E-state index in [9.17, 15) is 13.6 Å². The summed E-state index contributed by atoms with van der Waals surface area (Å²) in [4.78, 5) is 11.1. The SMILES string of the molecule is C[C@H](O)C(=O)c1cc(F)cc(F)c1. The molecule has 13 heavy (non-hydrogen) atoms. The van der Waals surface area contributed by atoms with Crippen molar-refractivity contribution in [3.05, 3.63) is 35.4 Å². The second kappa shape index (κ2) is 3.62. The lowest BCUT2D eigenvalue weighted by Crippen LogP contribution is -2.16. The van der Waals surface area contributed by atoms with Gasteiger partial charge in [0.1, 0.15) is 17.7 Å². The van der Waals surface area contributed by atoms with Gasteiger partial charge in [0.2, 0.25) is 0 Å². The van der Waals surface area contributed by atoms with Crippen molar-refractivity contribution in [3.63, 3.8) is 0 Å². The molecule has 4 heteroatoms. The van der Waals surface area contributed by atoms with Gasteiger partial charge in [0.25, 0.3) is 0 Å². The molecule has 1 rings (SSSR count). The van der Waals surface area contributed by atoms with Crippen molar-refractivity contribution in [1.82, 2.24) is 0 Å². The predicted molar refractivity (Wildman–Crippen MR) is 42.4 cm³/mol. The molecule has 70 valence electrons. The van der Waals surface area contributed by atoms with Crippen LogP contribution in [-0.2, 0) is 0 Å². The van der Waals surface area contributed by atoms with Crippen LogP contribution in [0, 0.1) is 11.6 Å². The fraction of sp³-hybridized carbons (Fsp3) is 0.222. The summed E-state index contributed by atoms with van der Waals surface area (Å²) in [5, 5.41) is 8.86. The number of rotatable bonds is 2. The molecule has 0 aliphatic heterocycles. The number of ketones is 1. The molecule has 0 aliphatic carbocycles. The molecular formula is C9H8F2O2. The van der Waals surface area contributed by atoms with Crippen molar-refractivity contribution in [2.24, 2.45) is 0 Å². The van der Waals surface area contributed by atoms with Gasteiger partial charge in [0.05, 0.1) is 0 Å². The molecule has 1 atom stereocenters. The van der Waals surface area contributed by atoms with E-state index in [0.717, 1.165) is 12.1 Å². The number of hydrogen-bond donors (Lipinski definition) is 1. The third kappa shape index (κ3) is 2.32. The van der Waals surface area contributed by atoms with Crippen LogP contribution in [0.15, 0.2) is 18.2 Å². The number of benzene rings is 1. The van der Waals surface area contributed by atoms with Gasteiger partial charge < -0.3 is 5.11 Å². The summed E-state index contributed by atoms with van der Waals surface area (Å²) >= 11 is 0. The molecule has 0 heterocycles. The molecule has 0 bridgehead atoms. The van der Waals surface area contributed by atoms with Gasteiger partial charge in [0.15, 0.2) is 5.78 Å². The topological polar surface area (TPSA) is 37.3 Å². The molecule has 0 aromatic heterocycles. The Bertz CT molecular complexity index is 314. The van der Waals surface area contributed by atoms with Crippen LogP contribution in [0.5, 0.6) is 0 Å². The average molecular weight is 186 g/mol. The highest BCUT2D eigenvalue weighted by Gasteiger charge is 2.13. The zero-order valence-electron chi connectivity index (χ0n) is 6.92. The quantitative estimate of drug-likeness (QED) is 0.711. The minimum atomic E-state index is -1.25. The minimum absolute atomic E-state index is 0.160. The van der Waals surface area contributed by atoms with Crippen molar-refractivity contribution >= 4 is 5.78 Å². The summed E-state index contributed by atoms with van der Waals surface area (Å²) in [5.41, 5.74) is -0.160. The van der Waals surface area contributed by atoms with E-state index in [1.54, 1.807) is 0 Å². The standard InChI is InChI=1S/C9H8F2O2/c1-5(12)9(13)6-2-7(10)4-8(11)3-6/h2-5,12H,1H3/t5-/m0/s1. The number of hydrogen-bond acceptors (Lipinski definition) is 2. The summed E-state index contributed by atoms with van der Waals surface area (Å²) in [6.45, 7) is 1.24. The summed E-state index contributed by atoms with van der Waals surface area (Å²) in [6, 6.07) is 2.44. The van der Waals surface area contributed by atoms with Gasteiger partial charge in [-0.15, -0.1) is 0 Å². The van der Waals surface area contributed by atoms with Gasteiger partial charge in [0, 0.05) is 11.6 Å². The van der Waals surface area contributed by atoms with Crippen molar-refractivity contribution in [1.29, 1.82) is 0 Å². The Kier molecular flexibility index (Phi) is 2.72. The third-order valence-corrected chi connectivity index (χ3v) is 1.53. The lowest BCUT2D eigenvalue weighted by molar-refractivity contribution is 0.0778. The zero-order chi connectivity index (χ0) is 10.0. The highest BCUT2D eigenvalue weighted by Crippen LogP contribution is 2.09. The van der Waals surface area contributed by atoms with E-state index in [1.165, 1.54) is 6.92 Å². The number of carbonyl (C=O) groups excluding carboxylic acids is 1. The Balaban J connectivity index is 3.08. The van der Waals surface area contributed by atoms with Gasteiger partial charge in [-0.05, 0) is 19.1 Å². The van der Waals surface area contributed by atoms with Crippen LogP contribution >= 0.6 is 0 Å². The van der Waals surface area contributed by atoms with Crippen LogP contribution in [0.2, 0.25) is 0 Å². The van der Waals surface area contributed by atoms with E-state index >= 15 is 0 Å². The first-order valence-electron chi connectivity index (χ1n) is 3.69. The molecule has 1 aromatic carbocycles. The lowest BCUT2D eigenvalue weighted by Gasteiger charge is -2.03. The summed E-state index contributed by atoms with van der Waals surface area (Å²) < 4.78 is 25.2. The highest BCUT2D eigenvalue weighted by atomic mass is 19.1. The van der Waals surface area contributed by atoms with Crippen LogP contribution in [-0.4, -0.2) is 17.0 Å². The van der Waals surface area contributed by atoms with E-state index in [1.807, 2.05) is 0 Å². The van der Waals surface area contributed by atoms with Crippen LogP contribution in [0.4, 0.5) is 8.78 Å². The van der Waals surface area contributed by atoms with Crippen molar-refractivity contribution in [2.75, 3.05) is 0 Å². The van der Waals surface area contributed by atoms with Gasteiger partial charge in [-0.2, -0.15) is 0 Å². The maximum absolute atomic E-state index is 12.6. The first-order valence-corrected chi connectivity index (χ1v) is 3.69. The van der Waals surface area contributed by atoms with Crippen LogP contribution in [0.3, 0.4) is 0 Å². The molecule has 2 nitrogen and oxygen atoms in total. The summed E-state index contributed by atoms with van der Waals surface area (Å²) in [6.07, 6.45) is -1.25. The summed E-state index contributed by atoms with van der Waals surface area (Å²) in [5.74, 6) is -2.36. The minimum Gasteiger partial charge on any atom is -0.385 e. The van der Waals surface area contributed by atoms with Gasteiger partial charge in [-0.1, -0.05) is 0 Å². The Labute approximate surface area is 73.8 Å². The molecule has 0 fully saturated rings. The monoisotopic (exact) mass is 186 g/mol. The van der Waals surface area contributed by atoms with Gasteiger partial charge >= 0.3 is 0 Å². The number of aliphatic hydroxyl groups is 1. The number of Topliss-reactive ketones (excluding diaryl/α,β-unsaturated/α-hetero) is 1. The number of halogens is 2. The van der Waals surface area contributed by atoms with Gasteiger partial charge in [-0.3, -0.25) is 4.79 Å². The molecule has 0 radical (unpaired) electrons. The predicted octanol–water partition coefficient (Wildman–Crippen LogP) is 1.53. The van der Waals surface area contributed by atoms with Crippen molar-refractivity contribution < 1.29 is 18.7 Å². The number of aliphatic hydroxyl groups excluding tert-OH is 1. The maximum atomic E-state index is 12.6. The molecule has 0 unspecified atom stereocenters. The average Bonchev–Trinajstić information content (AvgIpc) is 2.01. The van der Waals surface area contributed by atoms with Gasteiger partial charge in [-0.25, -0.2) is 8.78 Å². The normalized spacial score (nSPS) is 12.6. The molecule has 1 aromatic rings. The van der Waals surface area contributed by atoms with E-state index in [4.69, 9.17) is 5.11 Å². The Hall–Kier alpha value is -1.29. The zero-order valence-corrected chi connectivity index (χ0v) is 6.92. The van der Waals surface area contributed by atoms with E-state index in [0.29, 0.717) is 6.07 Å². The first kappa shape index (κ1) is 9.80. The molecule has 0 aliphatic rings. The van der Waals surface area contributed by atoms with E-state index in [-0.39, 0.29) is 5.56 Å². The van der Waals surface area contributed by atoms with Crippen LogP contribution in [0.1, 0.15) is 17.3 Å². The molecular weight excluding hydrogens is 178 g/mol. The largest absolute Gasteiger partial charge is 0.385 e. The maximum Gasteiger partial charge on any atom is 0.191 e.